The smallest absolute Gasteiger partial charge is 0.254 e. The van der Waals surface area contributed by atoms with Gasteiger partial charge in [-0.3, -0.25) is 4.79 Å². The number of aryl methyl sites for hydroxylation is 1. The zero-order valence-corrected chi connectivity index (χ0v) is 18.5. The van der Waals surface area contributed by atoms with Gasteiger partial charge in [-0.15, -0.1) is 0 Å². The maximum Gasteiger partial charge on any atom is 0.254 e. The molecule has 0 radical (unpaired) electrons. The van der Waals surface area contributed by atoms with E-state index in [1.807, 2.05) is 73.7 Å². The van der Waals surface area contributed by atoms with Crippen molar-refractivity contribution >= 4 is 26.7 Å². The molecule has 0 unspecified atom stereocenters. The van der Waals surface area contributed by atoms with Gasteiger partial charge >= 0.3 is 0 Å². The van der Waals surface area contributed by atoms with E-state index in [1.54, 1.807) is 17.0 Å². The van der Waals surface area contributed by atoms with E-state index in [2.05, 4.69) is 0 Å². The lowest BCUT2D eigenvalue weighted by molar-refractivity contribution is 0.0730. The molecule has 0 saturated carbocycles. The molecule has 4 rings (SSSR count). The number of nitrogens with zero attached hydrogens (tertiary/aromatic N) is 1. The van der Waals surface area contributed by atoms with Crippen LogP contribution >= 0.6 is 0 Å². The molecule has 5 nitrogen and oxygen atoms in total. The maximum absolute atomic E-state index is 13.5. The van der Waals surface area contributed by atoms with Crippen LogP contribution in [0.4, 0.5) is 0 Å². The van der Waals surface area contributed by atoms with Crippen molar-refractivity contribution in [3.63, 3.8) is 0 Å². The molecule has 162 valence electrons. The monoisotopic (exact) mass is 444 g/mol. The lowest BCUT2D eigenvalue weighted by Crippen LogP contribution is -2.30. The predicted octanol–water partition coefficient (Wildman–Crippen LogP) is 4.64. The summed E-state index contributed by atoms with van der Waals surface area (Å²) in [4.78, 5) is 15.3. The van der Waals surface area contributed by atoms with Crippen molar-refractivity contribution in [1.82, 2.24) is 4.90 Å². The normalized spacial score (nSPS) is 11.4. The number of rotatable bonds is 6. The molecule has 4 aromatic carbocycles. The van der Waals surface area contributed by atoms with E-state index in [0.29, 0.717) is 18.7 Å². The standard InChI is InChI=1S/C26H24N2O3S/c1-19-6-8-20(9-7-19)17-28(18-21-10-14-25(15-11-21)32(27,30)31)26(29)24-13-12-22-4-2-3-5-23(22)16-24/h2-16H,17-18H2,1H3,(H2,27,30,31). The lowest BCUT2D eigenvalue weighted by Gasteiger charge is -2.24. The van der Waals surface area contributed by atoms with Gasteiger partial charge in [0.1, 0.15) is 0 Å². The summed E-state index contributed by atoms with van der Waals surface area (Å²) in [6, 6.07) is 28.0. The number of amides is 1. The van der Waals surface area contributed by atoms with Crippen molar-refractivity contribution in [1.29, 1.82) is 0 Å². The maximum atomic E-state index is 13.5. The Morgan fingerprint density at radius 3 is 1.94 bits per heavy atom. The van der Waals surface area contributed by atoms with Crippen LogP contribution in [-0.4, -0.2) is 19.2 Å². The molecule has 6 heteroatoms. The van der Waals surface area contributed by atoms with Gasteiger partial charge in [-0.2, -0.15) is 0 Å². The van der Waals surface area contributed by atoms with Crippen LogP contribution in [0.1, 0.15) is 27.0 Å². The van der Waals surface area contributed by atoms with Crippen molar-refractivity contribution in [2.75, 3.05) is 0 Å². The summed E-state index contributed by atoms with van der Waals surface area (Å²) in [5, 5.41) is 7.28. The highest BCUT2D eigenvalue weighted by Crippen LogP contribution is 2.20. The Balaban J connectivity index is 1.65. The Morgan fingerprint density at radius 1 is 0.781 bits per heavy atom. The fourth-order valence-corrected chi connectivity index (χ4v) is 4.14. The van der Waals surface area contributed by atoms with Crippen molar-refractivity contribution in [2.24, 2.45) is 5.14 Å². The summed E-state index contributed by atoms with van der Waals surface area (Å²) in [7, 11) is -3.76. The molecule has 4 aromatic rings. The number of hydrogen-bond acceptors (Lipinski definition) is 3. The summed E-state index contributed by atoms with van der Waals surface area (Å²) in [6.45, 7) is 2.79. The van der Waals surface area contributed by atoms with Crippen molar-refractivity contribution in [2.45, 2.75) is 24.9 Å². The van der Waals surface area contributed by atoms with Crippen LogP contribution < -0.4 is 5.14 Å². The minimum Gasteiger partial charge on any atom is -0.330 e. The molecule has 0 heterocycles. The SMILES string of the molecule is Cc1ccc(CN(Cc2ccc(S(N)(=O)=O)cc2)C(=O)c2ccc3ccccc3c2)cc1. The fourth-order valence-electron chi connectivity index (χ4n) is 3.62. The molecule has 0 fully saturated rings. The first-order valence-corrected chi connectivity index (χ1v) is 11.8. The number of fused-ring (bicyclic) bond motifs is 1. The van der Waals surface area contributed by atoms with E-state index in [4.69, 9.17) is 5.14 Å². The van der Waals surface area contributed by atoms with Crippen LogP contribution in [0.3, 0.4) is 0 Å². The molecule has 1 amide bonds. The molecule has 0 aliphatic heterocycles. The van der Waals surface area contributed by atoms with Gasteiger partial charge in [0.15, 0.2) is 0 Å². The number of carbonyl (C=O) groups is 1. The Hall–Kier alpha value is -3.48. The van der Waals surface area contributed by atoms with E-state index in [9.17, 15) is 13.2 Å². The molecule has 2 N–H and O–H groups in total. The van der Waals surface area contributed by atoms with E-state index in [-0.39, 0.29) is 10.8 Å². The number of primary sulfonamides is 1. The molecule has 0 atom stereocenters. The van der Waals surface area contributed by atoms with Crippen LogP contribution in [0, 0.1) is 6.92 Å². The molecule has 0 bridgehead atoms. The third kappa shape index (κ3) is 5.04. The molecule has 0 aliphatic rings. The van der Waals surface area contributed by atoms with Crippen molar-refractivity contribution in [3.8, 4) is 0 Å². The summed E-state index contributed by atoms with van der Waals surface area (Å²) in [5.41, 5.74) is 3.60. The first-order valence-electron chi connectivity index (χ1n) is 10.2. The Bertz CT molecular complexity index is 1360. The second-order valence-corrected chi connectivity index (χ2v) is 9.46. The molecule has 32 heavy (non-hydrogen) atoms. The zero-order chi connectivity index (χ0) is 22.7. The first-order chi connectivity index (χ1) is 15.3. The third-order valence-electron chi connectivity index (χ3n) is 5.40. The predicted molar refractivity (Wildman–Crippen MR) is 127 cm³/mol. The molecular weight excluding hydrogens is 420 g/mol. The molecular formula is C26H24N2O3S. The quantitative estimate of drug-likeness (QED) is 0.470. The highest BCUT2D eigenvalue weighted by atomic mass is 32.2. The second-order valence-electron chi connectivity index (χ2n) is 7.90. The van der Waals surface area contributed by atoms with Crippen molar-refractivity contribution in [3.05, 3.63) is 113 Å². The third-order valence-corrected chi connectivity index (χ3v) is 6.33. The van der Waals surface area contributed by atoms with Crippen LogP contribution in [-0.2, 0) is 23.1 Å². The first kappa shape index (κ1) is 21.7. The summed E-state index contributed by atoms with van der Waals surface area (Å²) in [5.74, 6) is -0.0909. The zero-order valence-electron chi connectivity index (χ0n) is 17.7. The van der Waals surface area contributed by atoms with Crippen LogP contribution in [0.15, 0.2) is 95.9 Å². The van der Waals surface area contributed by atoms with Crippen LogP contribution in [0.2, 0.25) is 0 Å². The van der Waals surface area contributed by atoms with Gasteiger partial charge in [-0.25, -0.2) is 13.6 Å². The second kappa shape index (κ2) is 8.94. The minimum absolute atomic E-state index is 0.0483. The van der Waals surface area contributed by atoms with E-state index in [0.717, 1.165) is 27.5 Å². The highest BCUT2D eigenvalue weighted by Gasteiger charge is 2.18. The topological polar surface area (TPSA) is 80.5 Å². The van der Waals surface area contributed by atoms with Gasteiger partial charge in [-0.05, 0) is 53.1 Å². The average molecular weight is 445 g/mol. The van der Waals surface area contributed by atoms with Crippen molar-refractivity contribution < 1.29 is 13.2 Å². The van der Waals surface area contributed by atoms with Gasteiger partial charge in [0.25, 0.3) is 5.91 Å². The lowest BCUT2D eigenvalue weighted by atomic mass is 10.1. The molecule has 0 aliphatic carbocycles. The number of nitrogens with two attached hydrogens (primary N) is 1. The Labute approximate surface area is 188 Å². The summed E-state index contributed by atoms with van der Waals surface area (Å²) in [6.07, 6.45) is 0. The van der Waals surface area contributed by atoms with Gasteiger partial charge in [-0.1, -0.05) is 72.3 Å². The van der Waals surface area contributed by atoms with E-state index in [1.165, 1.54) is 12.1 Å². The van der Waals surface area contributed by atoms with Crippen LogP contribution in [0.5, 0.6) is 0 Å². The van der Waals surface area contributed by atoms with Gasteiger partial charge < -0.3 is 4.90 Å². The van der Waals surface area contributed by atoms with Gasteiger partial charge in [0.2, 0.25) is 10.0 Å². The largest absolute Gasteiger partial charge is 0.330 e. The van der Waals surface area contributed by atoms with E-state index >= 15 is 0 Å². The summed E-state index contributed by atoms with van der Waals surface area (Å²) < 4.78 is 23.1. The minimum atomic E-state index is -3.76. The Morgan fingerprint density at radius 2 is 1.34 bits per heavy atom. The van der Waals surface area contributed by atoms with Gasteiger partial charge in [0, 0.05) is 18.7 Å². The fraction of sp³-hybridized carbons (Fsp3) is 0.115. The number of hydrogen-bond donors (Lipinski definition) is 1. The molecule has 0 saturated heterocycles. The molecule has 0 aromatic heterocycles. The van der Waals surface area contributed by atoms with Crippen LogP contribution in [0.25, 0.3) is 10.8 Å². The number of sulfonamides is 1. The summed E-state index contributed by atoms with van der Waals surface area (Å²) >= 11 is 0. The number of carbonyl (C=O) groups excluding carboxylic acids is 1. The average Bonchev–Trinajstić information content (AvgIpc) is 2.79. The van der Waals surface area contributed by atoms with Gasteiger partial charge in [0.05, 0.1) is 4.90 Å². The van der Waals surface area contributed by atoms with E-state index < -0.39 is 10.0 Å². The molecule has 0 spiro atoms. The Kier molecular flexibility index (Phi) is 6.08. The number of benzene rings is 4. The highest BCUT2D eigenvalue weighted by molar-refractivity contribution is 7.89.